The van der Waals surface area contributed by atoms with Crippen molar-refractivity contribution in [3.05, 3.63) is 106 Å². The first-order valence-electron chi connectivity index (χ1n) is 17.0. The number of carboxylic acid groups (broad SMARTS) is 1. The van der Waals surface area contributed by atoms with Crippen LogP contribution < -0.4 is 15.4 Å². The van der Waals surface area contributed by atoms with Gasteiger partial charge in [-0.05, 0) is 46.9 Å². The number of halogens is 2. The summed E-state index contributed by atoms with van der Waals surface area (Å²) in [4.78, 5) is 25.0. The summed E-state index contributed by atoms with van der Waals surface area (Å²) in [6.07, 6.45) is 2.81. The molecule has 51 heavy (non-hydrogen) atoms. The highest BCUT2D eigenvalue weighted by Gasteiger charge is 2.36. The van der Waals surface area contributed by atoms with Crippen LogP contribution in [0.2, 0.25) is 10.0 Å². The fraction of sp³-hybridized carbons (Fsp3) is 0.308. The normalized spacial score (nSPS) is 19.1. The van der Waals surface area contributed by atoms with Crippen LogP contribution in [0.3, 0.4) is 0 Å². The Hall–Kier alpha value is -4.45. The third kappa shape index (κ3) is 7.47. The number of aliphatic carboxylic acids is 1. The van der Waals surface area contributed by atoms with Crippen molar-refractivity contribution < 1.29 is 24.5 Å². The van der Waals surface area contributed by atoms with E-state index in [-0.39, 0.29) is 31.5 Å². The van der Waals surface area contributed by atoms with Crippen molar-refractivity contribution in [3.8, 4) is 28.0 Å². The number of aliphatic hydroxyl groups excluding tert-OH is 1. The first-order valence-corrected chi connectivity index (χ1v) is 17.8. The predicted octanol–water partition coefficient (Wildman–Crippen LogP) is 6.12. The molecule has 3 atom stereocenters. The Bertz CT molecular complexity index is 2080. The van der Waals surface area contributed by atoms with E-state index in [1.807, 2.05) is 59.4 Å². The van der Waals surface area contributed by atoms with E-state index in [9.17, 15) is 19.8 Å². The van der Waals surface area contributed by atoms with Crippen LogP contribution in [-0.2, 0) is 29.2 Å². The Morgan fingerprint density at radius 1 is 1.02 bits per heavy atom. The number of methoxy groups -OCH3 is 1. The SMILES string of the molecule is COc1cc(Cn2ncc3c(-c4cccc(-c5ccc(CNC[C@@H]6CCC(=O)N6)cc5)c4Cl)cccc32)c(Cl)cc1CN1C[C@H](O)C[C@H]1C(=O)O. The van der Waals surface area contributed by atoms with Crippen LogP contribution >= 0.6 is 23.2 Å². The molecule has 4 N–H and O–H groups in total. The van der Waals surface area contributed by atoms with Gasteiger partial charge in [0.2, 0.25) is 5.91 Å². The minimum atomic E-state index is -0.960. The molecule has 5 aromatic rings. The van der Waals surface area contributed by atoms with E-state index in [0.717, 1.165) is 62.8 Å². The number of likely N-dealkylation sites (tertiary alicyclic amines) is 1. The van der Waals surface area contributed by atoms with E-state index in [0.29, 0.717) is 35.3 Å². The second kappa shape index (κ2) is 15.0. The Labute approximate surface area is 305 Å². The van der Waals surface area contributed by atoms with Crippen molar-refractivity contribution in [1.82, 2.24) is 25.3 Å². The molecular weight excluding hydrogens is 689 g/mol. The van der Waals surface area contributed by atoms with Crippen LogP contribution in [0.5, 0.6) is 5.75 Å². The number of β-amino-alcohol motifs (C(OH)–C–C–N with tert-alkyl or cyclic N) is 1. The lowest BCUT2D eigenvalue weighted by Gasteiger charge is -2.22. The number of amides is 1. The van der Waals surface area contributed by atoms with Crippen LogP contribution in [0.1, 0.15) is 36.0 Å². The molecule has 0 radical (unpaired) electrons. The second-order valence-corrected chi connectivity index (χ2v) is 14.1. The fourth-order valence-corrected chi connectivity index (χ4v) is 7.80. The number of hydrogen-bond acceptors (Lipinski definition) is 7. The number of benzene rings is 4. The molecule has 12 heteroatoms. The molecule has 0 bridgehead atoms. The van der Waals surface area contributed by atoms with Gasteiger partial charge >= 0.3 is 5.97 Å². The predicted molar refractivity (Wildman–Crippen MR) is 198 cm³/mol. The van der Waals surface area contributed by atoms with Gasteiger partial charge in [-0.1, -0.05) is 77.8 Å². The lowest BCUT2D eigenvalue weighted by molar-refractivity contribution is -0.142. The van der Waals surface area contributed by atoms with E-state index in [4.69, 9.17) is 33.0 Å². The first-order chi connectivity index (χ1) is 24.7. The minimum absolute atomic E-state index is 0.125. The maximum Gasteiger partial charge on any atom is 0.321 e. The van der Waals surface area contributed by atoms with E-state index in [2.05, 4.69) is 34.9 Å². The van der Waals surface area contributed by atoms with Crippen LogP contribution in [0.4, 0.5) is 0 Å². The number of rotatable bonds is 12. The van der Waals surface area contributed by atoms with Crippen molar-refractivity contribution >= 4 is 46.0 Å². The summed E-state index contributed by atoms with van der Waals surface area (Å²) in [5, 5.41) is 33.0. The number of ether oxygens (including phenoxy) is 1. The molecule has 0 spiro atoms. The number of fused-ring (bicyclic) bond motifs is 1. The number of carboxylic acids is 1. The highest BCUT2D eigenvalue weighted by Crippen LogP contribution is 2.40. The Morgan fingerprint density at radius 2 is 1.78 bits per heavy atom. The number of carbonyl (C=O) groups is 2. The summed E-state index contributed by atoms with van der Waals surface area (Å²) < 4.78 is 7.60. The van der Waals surface area contributed by atoms with Crippen molar-refractivity contribution in [2.45, 2.75) is 57.1 Å². The summed E-state index contributed by atoms with van der Waals surface area (Å²) in [5.41, 5.74) is 7.43. The molecule has 1 amide bonds. The van der Waals surface area contributed by atoms with Crippen LogP contribution in [0, 0.1) is 0 Å². The van der Waals surface area contributed by atoms with Gasteiger partial charge in [0.25, 0.3) is 0 Å². The van der Waals surface area contributed by atoms with Gasteiger partial charge in [0.15, 0.2) is 0 Å². The smallest absolute Gasteiger partial charge is 0.321 e. The van der Waals surface area contributed by atoms with Gasteiger partial charge in [0, 0.05) is 72.2 Å². The number of aromatic nitrogens is 2. The summed E-state index contributed by atoms with van der Waals surface area (Å²) in [7, 11) is 1.57. The lowest BCUT2D eigenvalue weighted by Crippen LogP contribution is -2.35. The Morgan fingerprint density at radius 3 is 2.53 bits per heavy atom. The van der Waals surface area contributed by atoms with Crippen LogP contribution in [0.25, 0.3) is 33.2 Å². The molecule has 0 saturated carbocycles. The maximum absolute atomic E-state index is 11.8. The third-order valence-corrected chi connectivity index (χ3v) is 10.6. The second-order valence-electron chi connectivity index (χ2n) is 13.3. The minimum Gasteiger partial charge on any atom is -0.496 e. The topological polar surface area (TPSA) is 129 Å². The van der Waals surface area contributed by atoms with Crippen molar-refractivity contribution in [1.29, 1.82) is 0 Å². The average Bonchev–Trinajstić information content (AvgIpc) is 3.84. The van der Waals surface area contributed by atoms with Gasteiger partial charge < -0.3 is 25.6 Å². The molecule has 2 aliphatic heterocycles. The van der Waals surface area contributed by atoms with Gasteiger partial charge in [0.05, 0.1) is 36.5 Å². The fourth-order valence-electron chi connectivity index (χ4n) is 7.21. The molecule has 0 aliphatic carbocycles. The molecule has 264 valence electrons. The highest BCUT2D eigenvalue weighted by molar-refractivity contribution is 6.36. The van der Waals surface area contributed by atoms with E-state index in [1.165, 1.54) is 0 Å². The van der Waals surface area contributed by atoms with Gasteiger partial charge in [-0.25, -0.2) is 0 Å². The molecule has 0 unspecified atom stereocenters. The molecule has 10 nitrogen and oxygen atoms in total. The number of nitrogens with zero attached hydrogens (tertiary/aromatic N) is 3. The van der Waals surface area contributed by atoms with E-state index < -0.39 is 18.1 Å². The number of carbonyl (C=O) groups excluding carboxylic acids is 1. The van der Waals surface area contributed by atoms with E-state index in [1.54, 1.807) is 12.0 Å². The molecule has 7 rings (SSSR count). The zero-order valence-electron chi connectivity index (χ0n) is 28.1. The lowest BCUT2D eigenvalue weighted by atomic mass is 9.96. The molecule has 3 heterocycles. The van der Waals surface area contributed by atoms with Crippen LogP contribution in [-0.4, -0.2) is 75.2 Å². The quantitative estimate of drug-likeness (QED) is 0.121. The summed E-state index contributed by atoms with van der Waals surface area (Å²) in [5.74, 6) is -0.248. The maximum atomic E-state index is 11.8. The summed E-state index contributed by atoms with van der Waals surface area (Å²) >= 11 is 13.9. The molecule has 1 aromatic heterocycles. The Kier molecular flexibility index (Phi) is 10.3. The third-order valence-electron chi connectivity index (χ3n) is 9.86. The first kappa shape index (κ1) is 35.0. The molecule has 2 aliphatic rings. The van der Waals surface area contributed by atoms with Crippen molar-refractivity contribution in [3.63, 3.8) is 0 Å². The van der Waals surface area contributed by atoms with E-state index >= 15 is 0 Å². The molecule has 4 aromatic carbocycles. The molecular formula is C39H39Cl2N5O5. The number of aliphatic hydroxyl groups is 1. The largest absolute Gasteiger partial charge is 0.496 e. The van der Waals surface area contributed by atoms with Gasteiger partial charge in [-0.15, -0.1) is 0 Å². The standard InChI is InChI=1S/C39H39Cl2N5O5/c1-51-36-15-25(33(40)14-26(36)20-45-22-28(47)16-35(45)39(49)50)21-46-34-7-3-5-30(32(34)19-43-46)31-6-2-4-29(38(31)41)24-10-8-23(9-11-24)17-42-18-27-12-13-37(48)44-27/h2-11,14-15,19,27-28,35,42,47H,12-13,16-18,20-22H2,1H3,(H,44,48)(H,49,50)/t27-,28+,35-/m0/s1. The highest BCUT2D eigenvalue weighted by atomic mass is 35.5. The average molecular weight is 729 g/mol. The van der Waals surface area contributed by atoms with Gasteiger partial charge in [-0.2, -0.15) is 5.10 Å². The Balaban J connectivity index is 1.09. The van der Waals surface area contributed by atoms with Gasteiger partial charge in [0.1, 0.15) is 11.8 Å². The molecule has 2 saturated heterocycles. The van der Waals surface area contributed by atoms with Gasteiger partial charge in [-0.3, -0.25) is 19.2 Å². The summed E-state index contributed by atoms with van der Waals surface area (Å²) in [6.45, 7) is 2.40. The summed E-state index contributed by atoms with van der Waals surface area (Å²) in [6, 6.07) is 23.6. The van der Waals surface area contributed by atoms with Crippen molar-refractivity contribution in [2.24, 2.45) is 0 Å². The number of hydrogen-bond donors (Lipinski definition) is 4. The number of nitrogens with one attached hydrogen (secondary N) is 2. The zero-order chi connectivity index (χ0) is 35.6. The molecule has 2 fully saturated rings. The van der Waals surface area contributed by atoms with Crippen LogP contribution in [0.15, 0.2) is 79.0 Å². The van der Waals surface area contributed by atoms with Crippen molar-refractivity contribution in [2.75, 3.05) is 20.2 Å². The monoisotopic (exact) mass is 727 g/mol. The zero-order valence-corrected chi connectivity index (χ0v) is 29.6.